The molecule has 0 unspecified atom stereocenters. The van der Waals surface area contributed by atoms with Crippen LogP contribution in [0.2, 0.25) is 0 Å². The Labute approximate surface area is 132 Å². The zero-order valence-electron chi connectivity index (χ0n) is 13.8. The molecule has 1 heterocycles. The summed E-state index contributed by atoms with van der Waals surface area (Å²) in [4.78, 5) is 13.9. The Balaban J connectivity index is 1.83. The number of hydrogen-bond donors (Lipinski definition) is 0. The van der Waals surface area contributed by atoms with E-state index < -0.39 is 0 Å². The van der Waals surface area contributed by atoms with E-state index in [1.165, 1.54) is 24.8 Å². The molecule has 0 spiro atoms. The zero-order valence-corrected chi connectivity index (χ0v) is 13.8. The third-order valence-corrected chi connectivity index (χ3v) is 4.80. The summed E-state index contributed by atoms with van der Waals surface area (Å²) in [6.07, 6.45) is 2.77. The summed E-state index contributed by atoms with van der Waals surface area (Å²) in [6.45, 7) is 7.28. The van der Waals surface area contributed by atoms with Gasteiger partial charge in [-0.3, -0.25) is 4.79 Å². The summed E-state index contributed by atoms with van der Waals surface area (Å²) in [7, 11) is 1.46. The maximum Gasteiger partial charge on any atom is 0.308 e. The van der Waals surface area contributed by atoms with Crippen LogP contribution < -0.4 is 0 Å². The molecular formula is C18H26FNO2. The second-order valence-electron chi connectivity index (χ2n) is 6.78. The second-order valence-corrected chi connectivity index (χ2v) is 6.78. The first-order valence-corrected chi connectivity index (χ1v) is 7.98. The van der Waals surface area contributed by atoms with Gasteiger partial charge < -0.3 is 9.64 Å². The highest BCUT2D eigenvalue weighted by atomic mass is 19.1. The van der Waals surface area contributed by atoms with Crippen LogP contribution in [0, 0.1) is 11.7 Å². The number of methoxy groups -OCH3 is 1. The van der Waals surface area contributed by atoms with E-state index in [-0.39, 0.29) is 23.1 Å². The minimum atomic E-state index is -0.190. The van der Waals surface area contributed by atoms with Gasteiger partial charge in [0.1, 0.15) is 5.82 Å². The lowest BCUT2D eigenvalue weighted by molar-refractivity contribution is -0.147. The van der Waals surface area contributed by atoms with Gasteiger partial charge in [-0.25, -0.2) is 4.39 Å². The number of carbonyl (C=O) groups excluding carboxylic acids is 1. The van der Waals surface area contributed by atoms with Crippen LogP contribution in [-0.2, 0) is 14.9 Å². The Morgan fingerprint density at radius 1 is 1.27 bits per heavy atom. The number of piperidine rings is 1. The molecule has 1 aliphatic heterocycles. The van der Waals surface area contributed by atoms with Crippen molar-refractivity contribution in [3.8, 4) is 0 Å². The van der Waals surface area contributed by atoms with Gasteiger partial charge in [-0.1, -0.05) is 26.0 Å². The van der Waals surface area contributed by atoms with Gasteiger partial charge in [0, 0.05) is 0 Å². The van der Waals surface area contributed by atoms with Crippen molar-refractivity contribution >= 4 is 5.97 Å². The van der Waals surface area contributed by atoms with Gasteiger partial charge in [-0.15, -0.1) is 0 Å². The maximum atomic E-state index is 13.0. The fourth-order valence-electron chi connectivity index (χ4n) is 3.04. The van der Waals surface area contributed by atoms with E-state index in [0.29, 0.717) is 0 Å². The maximum absolute atomic E-state index is 13.0. The van der Waals surface area contributed by atoms with Crippen molar-refractivity contribution in [2.75, 3.05) is 26.7 Å². The van der Waals surface area contributed by atoms with E-state index >= 15 is 0 Å². The standard InChI is InChI=1S/C18H26FNO2/c1-18(2,15-4-6-16(19)7-5-15)10-13-20-11-8-14(9-12-20)17(21)22-3/h4-7,14H,8-13H2,1-3H3. The number of benzene rings is 1. The number of rotatable bonds is 5. The number of halogens is 1. The van der Waals surface area contributed by atoms with Gasteiger partial charge >= 0.3 is 5.97 Å². The summed E-state index contributed by atoms with van der Waals surface area (Å²) >= 11 is 0. The predicted octanol–water partition coefficient (Wildman–Crippen LogP) is 3.38. The minimum absolute atomic E-state index is 0.0207. The first-order chi connectivity index (χ1) is 10.4. The molecule has 1 aliphatic rings. The van der Waals surface area contributed by atoms with E-state index in [9.17, 15) is 9.18 Å². The van der Waals surface area contributed by atoms with E-state index in [2.05, 4.69) is 18.7 Å². The van der Waals surface area contributed by atoms with Crippen molar-refractivity contribution in [2.24, 2.45) is 5.92 Å². The molecule has 1 aromatic carbocycles. The molecule has 0 amide bonds. The lowest BCUT2D eigenvalue weighted by atomic mass is 9.81. The van der Waals surface area contributed by atoms with Gasteiger partial charge in [-0.05, 0) is 62.0 Å². The topological polar surface area (TPSA) is 29.5 Å². The molecule has 0 saturated carbocycles. The minimum Gasteiger partial charge on any atom is -0.469 e. The molecular weight excluding hydrogens is 281 g/mol. The average Bonchev–Trinajstić information content (AvgIpc) is 2.53. The van der Waals surface area contributed by atoms with Gasteiger partial charge in [0.15, 0.2) is 0 Å². The largest absolute Gasteiger partial charge is 0.469 e. The van der Waals surface area contributed by atoms with E-state index in [4.69, 9.17) is 4.74 Å². The quantitative estimate of drug-likeness (QED) is 0.781. The Hall–Kier alpha value is -1.42. The van der Waals surface area contributed by atoms with Crippen LogP contribution in [0.5, 0.6) is 0 Å². The van der Waals surface area contributed by atoms with E-state index in [1.54, 1.807) is 0 Å². The molecule has 2 rings (SSSR count). The number of likely N-dealkylation sites (tertiary alicyclic amines) is 1. The average molecular weight is 307 g/mol. The Kier molecular flexibility index (Phi) is 5.57. The van der Waals surface area contributed by atoms with Crippen molar-refractivity contribution < 1.29 is 13.9 Å². The van der Waals surface area contributed by atoms with Crippen LogP contribution in [0.4, 0.5) is 4.39 Å². The number of hydrogen-bond acceptors (Lipinski definition) is 3. The summed E-state index contributed by atoms with van der Waals surface area (Å²) in [5, 5.41) is 0. The third-order valence-electron chi connectivity index (χ3n) is 4.80. The van der Waals surface area contributed by atoms with Crippen LogP contribution in [0.1, 0.15) is 38.7 Å². The lowest BCUT2D eigenvalue weighted by Crippen LogP contribution is -2.38. The number of nitrogens with zero attached hydrogens (tertiary/aromatic N) is 1. The molecule has 0 aromatic heterocycles. The fraction of sp³-hybridized carbons (Fsp3) is 0.611. The normalized spacial score (nSPS) is 17.5. The molecule has 0 atom stereocenters. The van der Waals surface area contributed by atoms with Crippen LogP contribution >= 0.6 is 0 Å². The third kappa shape index (κ3) is 4.29. The second kappa shape index (κ2) is 7.23. The molecule has 22 heavy (non-hydrogen) atoms. The molecule has 122 valence electrons. The van der Waals surface area contributed by atoms with Crippen LogP contribution in [0.15, 0.2) is 24.3 Å². The van der Waals surface area contributed by atoms with E-state index in [0.717, 1.165) is 38.9 Å². The van der Waals surface area contributed by atoms with Crippen molar-refractivity contribution in [1.29, 1.82) is 0 Å². The van der Waals surface area contributed by atoms with Gasteiger partial charge in [-0.2, -0.15) is 0 Å². The molecule has 0 bridgehead atoms. The van der Waals surface area contributed by atoms with Crippen LogP contribution in [-0.4, -0.2) is 37.6 Å². The number of carbonyl (C=O) groups is 1. The Bertz CT molecular complexity index is 490. The first kappa shape index (κ1) is 16.9. The summed E-state index contributed by atoms with van der Waals surface area (Å²) in [5.74, 6) is -0.206. The Morgan fingerprint density at radius 3 is 2.41 bits per heavy atom. The fourth-order valence-corrected chi connectivity index (χ4v) is 3.04. The predicted molar refractivity (Wildman–Crippen MR) is 85.2 cm³/mol. The molecule has 3 nitrogen and oxygen atoms in total. The SMILES string of the molecule is COC(=O)C1CCN(CCC(C)(C)c2ccc(F)cc2)CC1. The molecule has 4 heteroatoms. The summed E-state index contributed by atoms with van der Waals surface area (Å²) in [6, 6.07) is 6.80. The van der Waals surface area contributed by atoms with Crippen LogP contribution in [0.25, 0.3) is 0 Å². The highest BCUT2D eigenvalue weighted by molar-refractivity contribution is 5.72. The van der Waals surface area contributed by atoms with Crippen molar-refractivity contribution in [2.45, 2.75) is 38.5 Å². The summed E-state index contributed by atoms with van der Waals surface area (Å²) < 4.78 is 17.9. The van der Waals surface area contributed by atoms with Gasteiger partial charge in [0.25, 0.3) is 0 Å². The molecule has 1 fully saturated rings. The highest BCUT2D eigenvalue weighted by Crippen LogP contribution is 2.28. The van der Waals surface area contributed by atoms with E-state index in [1.807, 2.05) is 12.1 Å². The molecule has 0 N–H and O–H groups in total. The highest BCUT2D eigenvalue weighted by Gasteiger charge is 2.27. The lowest BCUT2D eigenvalue weighted by Gasteiger charge is -2.34. The molecule has 0 aliphatic carbocycles. The van der Waals surface area contributed by atoms with Gasteiger partial charge in [0.2, 0.25) is 0 Å². The van der Waals surface area contributed by atoms with Gasteiger partial charge in [0.05, 0.1) is 13.0 Å². The smallest absolute Gasteiger partial charge is 0.308 e. The molecule has 0 radical (unpaired) electrons. The Morgan fingerprint density at radius 2 is 1.86 bits per heavy atom. The number of esters is 1. The zero-order chi connectivity index (χ0) is 16.2. The molecule has 1 saturated heterocycles. The monoisotopic (exact) mass is 307 g/mol. The van der Waals surface area contributed by atoms with Crippen molar-refractivity contribution in [3.63, 3.8) is 0 Å². The van der Waals surface area contributed by atoms with Crippen molar-refractivity contribution in [1.82, 2.24) is 4.90 Å². The summed E-state index contributed by atoms with van der Waals surface area (Å²) in [5.41, 5.74) is 1.19. The molecule has 1 aromatic rings. The van der Waals surface area contributed by atoms with Crippen molar-refractivity contribution in [3.05, 3.63) is 35.6 Å². The van der Waals surface area contributed by atoms with Crippen LogP contribution in [0.3, 0.4) is 0 Å². The number of ether oxygens (including phenoxy) is 1. The first-order valence-electron chi connectivity index (χ1n) is 7.98.